The zero-order valence-corrected chi connectivity index (χ0v) is 16.4. The van der Waals surface area contributed by atoms with Gasteiger partial charge in [0.25, 0.3) is 5.91 Å². The third-order valence-corrected chi connectivity index (χ3v) is 5.95. The Hall–Kier alpha value is -1.89. The predicted molar refractivity (Wildman–Crippen MR) is 106 cm³/mol. The number of hydrogen-bond donors (Lipinski definition) is 1. The van der Waals surface area contributed by atoms with E-state index in [9.17, 15) is 4.79 Å². The highest BCUT2D eigenvalue weighted by molar-refractivity contribution is 6.65. The van der Waals surface area contributed by atoms with Gasteiger partial charge in [0, 0.05) is 12.2 Å². The Morgan fingerprint density at radius 1 is 1.11 bits per heavy atom. The number of carbonyl (C=O) groups excluding carboxylic acids is 1. The molecule has 2 aromatic rings. The minimum atomic E-state index is -0.422. The molecule has 2 aliphatic rings. The van der Waals surface area contributed by atoms with Crippen molar-refractivity contribution < 1.29 is 18.8 Å². The smallest absolute Gasteiger partial charge is 0.399 e. The first kappa shape index (κ1) is 18.5. The van der Waals surface area contributed by atoms with Crippen molar-refractivity contribution >= 4 is 29.3 Å². The van der Waals surface area contributed by atoms with E-state index in [1.165, 1.54) is 0 Å². The van der Waals surface area contributed by atoms with E-state index >= 15 is 0 Å². The Morgan fingerprint density at radius 3 is 2.52 bits per heavy atom. The van der Waals surface area contributed by atoms with Gasteiger partial charge in [0.05, 0.1) is 23.9 Å². The fourth-order valence-electron chi connectivity index (χ4n) is 3.54. The molecule has 2 saturated heterocycles. The highest BCUT2D eigenvalue weighted by atomic mass is 16.7. The standard InChI is InChI=1S/C21H26BNO4/c1-20(2)21(3,4)27-22(26-20)18-7-5-6-14-12-15(8-9-17(14)18)19(24)23-16-10-11-25-13-16/h5-9,12,16H,10-11,13H2,1-4H3,(H,23,24). The van der Waals surface area contributed by atoms with Crippen LogP contribution in [0.1, 0.15) is 44.5 Å². The molecule has 142 valence electrons. The lowest BCUT2D eigenvalue weighted by atomic mass is 9.76. The molecule has 2 fully saturated rings. The lowest BCUT2D eigenvalue weighted by molar-refractivity contribution is 0.00578. The van der Waals surface area contributed by atoms with Crippen LogP contribution < -0.4 is 10.8 Å². The van der Waals surface area contributed by atoms with Crippen molar-refractivity contribution in [2.24, 2.45) is 0 Å². The fourth-order valence-corrected chi connectivity index (χ4v) is 3.54. The van der Waals surface area contributed by atoms with Crippen LogP contribution in [-0.2, 0) is 14.0 Å². The summed E-state index contributed by atoms with van der Waals surface area (Å²) < 4.78 is 17.7. The largest absolute Gasteiger partial charge is 0.495 e. The number of ether oxygens (including phenoxy) is 1. The van der Waals surface area contributed by atoms with Gasteiger partial charge in [0.2, 0.25) is 0 Å². The normalized spacial score (nSPS) is 23.7. The van der Waals surface area contributed by atoms with Gasteiger partial charge in [-0.1, -0.05) is 24.3 Å². The Labute approximate surface area is 160 Å². The lowest BCUT2D eigenvalue weighted by Crippen LogP contribution is -2.41. The maximum atomic E-state index is 12.5. The molecule has 1 atom stereocenters. The van der Waals surface area contributed by atoms with Gasteiger partial charge in [-0.25, -0.2) is 0 Å². The van der Waals surface area contributed by atoms with Crippen LogP contribution >= 0.6 is 0 Å². The van der Waals surface area contributed by atoms with Crippen molar-refractivity contribution in [3.63, 3.8) is 0 Å². The van der Waals surface area contributed by atoms with Crippen LogP contribution in [-0.4, -0.2) is 43.5 Å². The third kappa shape index (κ3) is 3.37. The van der Waals surface area contributed by atoms with Crippen molar-refractivity contribution in [1.29, 1.82) is 0 Å². The van der Waals surface area contributed by atoms with Gasteiger partial charge in [-0.15, -0.1) is 0 Å². The van der Waals surface area contributed by atoms with Crippen molar-refractivity contribution in [1.82, 2.24) is 5.32 Å². The number of amides is 1. The maximum Gasteiger partial charge on any atom is 0.495 e. The van der Waals surface area contributed by atoms with Crippen LogP contribution in [0.25, 0.3) is 10.8 Å². The monoisotopic (exact) mass is 367 g/mol. The molecule has 1 N–H and O–H groups in total. The molecule has 2 aliphatic heterocycles. The van der Waals surface area contributed by atoms with Crippen LogP contribution in [0.3, 0.4) is 0 Å². The second kappa shape index (κ2) is 6.62. The molecule has 4 rings (SSSR count). The summed E-state index contributed by atoms with van der Waals surface area (Å²) >= 11 is 0. The van der Waals surface area contributed by atoms with Gasteiger partial charge in [-0.05, 0) is 62.5 Å². The minimum absolute atomic E-state index is 0.0616. The summed E-state index contributed by atoms with van der Waals surface area (Å²) in [7, 11) is -0.422. The lowest BCUT2D eigenvalue weighted by Gasteiger charge is -2.32. The fraction of sp³-hybridized carbons (Fsp3) is 0.476. The molecular weight excluding hydrogens is 341 g/mol. The molecule has 2 heterocycles. The Kier molecular flexibility index (Phi) is 4.53. The van der Waals surface area contributed by atoms with E-state index in [-0.39, 0.29) is 23.2 Å². The van der Waals surface area contributed by atoms with Gasteiger partial charge in [-0.2, -0.15) is 0 Å². The number of hydrogen-bond acceptors (Lipinski definition) is 4. The summed E-state index contributed by atoms with van der Waals surface area (Å²) in [6.07, 6.45) is 0.866. The van der Waals surface area contributed by atoms with Crippen LogP contribution in [0, 0.1) is 0 Å². The van der Waals surface area contributed by atoms with Crippen LogP contribution in [0.15, 0.2) is 36.4 Å². The predicted octanol–water partition coefficient (Wildman–Crippen LogP) is 2.66. The molecule has 1 amide bonds. The zero-order valence-electron chi connectivity index (χ0n) is 16.4. The van der Waals surface area contributed by atoms with Crippen molar-refractivity contribution in [3.05, 3.63) is 42.0 Å². The highest BCUT2D eigenvalue weighted by Crippen LogP contribution is 2.37. The van der Waals surface area contributed by atoms with Gasteiger partial charge in [0.15, 0.2) is 0 Å². The minimum Gasteiger partial charge on any atom is -0.399 e. The number of rotatable bonds is 3. The van der Waals surface area contributed by atoms with E-state index in [0.29, 0.717) is 18.8 Å². The summed E-state index contributed by atoms with van der Waals surface area (Å²) in [5.74, 6) is -0.0616. The summed E-state index contributed by atoms with van der Waals surface area (Å²) in [4.78, 5) is 12.5. The van der Waals surface area contributed by atoms with E-state index in [1.54, 1.807) is 0 Å². The van der Waals surface area contributed by atoms with E-state index in [1.807, 2.05) is 64.1 Å². The first-order valence-corrected chi connectivity index (χ1v) is 9.54. The van der Waals surface area contributed by atoms with Crippen LogP contribution in [0.4, 0.5) is 0 Å². The molecule has 0 spiro atoms. The van der Waals surface area contributed by atoms with Crippen molar-refractivity contribution in [3.8, 4) is 0 Å². The molecule has 0 aliphatic carbocycles. The second-order valence-corrected chi connectivity index (χ2v) is 8.41. The van der Waals surface area contributed by atoms with E-state index in [0.717, 1.165) is 22.7 Å². The zero-order chi connectivity index (χ0) is 19.2. The van der Waals surface area contributed by atoms with Gasteiger partial charge in [-0.3, -0.25) is 4.79 Å². The molecule has 0 aromatic heterocycles. The van der Waals surface area contributed by atoms with Gasteiger partial charge < -0.3 is 19.4 Å². The number of carbonyl (C=O) groups is 1. The van der Waals surface area contributed by atoms with Crippen molar-refractivity contribution in [2.45, 2.75) is 51.4 Å². The summed E-state index contributed by atoms with van der Waals surface area (Å²) in [6, 6.07) is 11.9. The molecule has 27 heavy (non-hydrogen) atoms. The average molecular weight is 367 g/mol. The maximum absolute atomic E-state index is 12.5. The second-order valence-electron chi connectivity index (χ2n) is 8.41. The Balaban J connectivity index is 1.62. The van der Waals surface area contributed by atoms with Gasteiger partial charge >= 0.3 is 7.12 Å². The summed E-state index contributed by atoms with van der Waals surface area (Å²) in [5.41, 5.74) is 0.870. The van der Waals surface area contributed by atoms with E-state index in [4.69, 9.17) is 14.0 Å². The molecule has 0 saturated carbocycles. The Bertz CT molecular complexity index is 858. The number of fused-ring (bicyclic) bond motifs is 1. The average Bonchev–Trinajstić information content (AvgIpc) is 3.19. The van der Waals surface area contributed by atoms with E-state index in [2.05, 4.69) is 5.32 Å². The molecule has 0 bridgehead atoms. The summed E-state index contributed by atoms with van der Waals surface area (Å²) in [6.45, 7) is 9.49. The molecule has 0 radical (unpaired) electrons. The third-order valence-electron chi connectivity index (χ3n) is 5.95. The molecule has 5 nitrogen and oxygen atoms in total. The molecule has 6 heteroatoms. The molecular formula is C21H26BNO4. The first-order chi connectivity index (χ1) is 12.8. The number of benzene rings is 2. The van der Waals surface area contributed by atoms with E-state index < -0.39 is 7.12 Å². The van der Waals surface area contributed by atoms with Crippen molar-refractivity contribution in [2.75, 3.05) is 13.2 Å². The van der Waals surface area contributed by atoms with Crippen LogP contribution in [0.2, 0.25) is 0 Å². The Morgan fingerprint density at radius 2 is 1.85 bits per heavy atom. The SMILES string of the molecule is CC1(C)OB(c2cccc3cc(C(=O)NC4CCOC4)ccc23)OC1(C)C. The first-order valence-electron chi connectivity index (χ1n) is 9.54. The molecule has 2 aromatic carbocycles. The van der Waals surface area contributed by atoms with Gasteiger partial charge in [0.1, 0.15) is 0 Å². The summed E-state index contributed by atoms with van der Waals surface area (Å²) in [5, 5.41) is 5.07. The quantitative estimate of drug-likeness (QED) is 0.848. The number of nitrogens with one attached hydrogen (secondary N) is 1. The molecule has 1 unspecified atom stereocenters. The van der Waals surface area contributed by atoms with Crippen LogP contribution in [0.5, 0.6) is 0 Å². The topological polar surface area (TPSA) is 56.8 Å². The highest BCUT2D eigenvalue weighted by Gasteiger charge is 2.52.